The molecule has 0 aromatic rings. The number of piperidine rings is 1. The molecule has 216 valence electrons. The molecule has 0 spiro atoms. The number of nitrogens with one attached hydrogen (secondary N) is 1. The third kappa shape index (κ3) is 4.25. The molecule has 5 saturated carbocycles. The Balaban J connectivity index is 1.20. The van der Waals surface area contributed by atoms with E-state index in [2.05, 4.69) is 51.8 Å². The van der Waals surface area contributed by atoms with Crippen molar-refractivity contribution in [1.82, 2.24) is 10.2 Å². The Hall–Kier alpha value is -0.570. The van der Waals surface area contributed by atoms with Crippen LogP contribution in [0.25, 0.3) is 0 Å². The first kappa shape index (κ1) is 27.6. The van der Waals surface area contributed by atoms with Gasteiger partial charge in [-0.25, -0.2) is 0 Å². The topological polar surface area (TPSA) is 32.3 Å². The van der Waals surface area contributed by atoms with Gasteiger partial charge in [0.25, 0.3) is 0 Å². The third-order valence-corrected chi connectivity index (χ3v) is 14.5. The van der Waals surface area contributed by atoms with Crippen LogP contribution in [0, 0.1) is 57.7 Å². The standard InChI is InChI=1S/C35H60N2O/c1-24-14-18-33(5)27(25(24)2)15-19-34(6)28-16-20-35(17-10-11-29(35)26(28)12-13-30(33)34)31(38)36-32(3,4)23-37-21-8-7-9-22-37/h24-30H,7-23H2,1-6H3,(H,36,38). The quantitative estimate of drug-likeness (QED) is 0.403. The van der Waals surface area contributed by atoms with Crippen LogP contribution in [0.1, 0.15) is 131 Å². The fourth-order valence-corrected chi connectivity index (χ4v) is 12.6. The van der Waals surface area contributed by atoms with E-state index in [1.165, 1.54) is 90.1 Å². The highest BCUT2D eigenvalue weighted by atomic mass is 16.2. The van der Waals surface area contributed by atoms with Crippen LogP contribution in [0.2, 0.25) is 0 Å². The van der Waals surface area contributed by atoms with Crippen LogP contribution in [-0.2, 0) is 4.79 Å². The summed E-state index contributed by atoms with van der Waals surface area (Å²) >= 11 is 0. The Labute approximate surface area is 235 Å². The van der Waals surface area contributed by atoms with E-state index >= 15 is 0 Å². The molecular formula is C35H60N2O. The summed E-state index contributed by atoms with van der Waals surface area (Å²) < 4.78 is 0. The fourth-order valence-electron chi connectivity index (χ4n) is 12.6. The first-order valence-electron chi connectivity index (χ1n) is 17.1. The summed E-state index contributed by atoms with van der Waals surface area (Å²) in [5, 5.41) is 3.67. The second-order valence-corrected chi connectivity index (χ2v) is 16.8. The van der Waals surface area contributed by atoms with Crippen LogP contribution in [-0.4, -0.2) is 36.0 Å². The maximum absolute atomic E-state index is 14.3. The summed E-state index contributed by atoms with van der Waals surface area (Å²) in [5.41, 5.74) is 0.815. The largest absolute Gasteiger partial charge is 0.349 e. The molecule has 10 atom stereocenters. The zero-order valence-corrected chi connectivity index (χ0v) is 25.9. The van der Waals surface area contributed by atoms with Gasteiger partial charge in [-0.3, -0.25) is 4.79 Å². The molecule has 0 aromatic carbocycles. The van der Waals surface area contributed by atoms with E-state index in [-0.39, 0.29) is 11.0 Å². The van der Waals surface area contributed by atoms with Gasteiger partial charge < -0.3 is 10.2 Å². The van der Waals surface area contributed by atoms with E-state index in [9.17, 15) is 4.79 Å². The first-order valence-corrected chi connectivity index (χ1v) is 17.1. The van der Waals surface area contributed by atoms with Crippen LogP contribution < -0.4 is 5.32 Å². The molecule has 0 bridgehead atoms. The molecule has 38 heavy (non-hydrogen) atoms. The van der Waals surface area contributed by atoms with Gasteiger partial charge in [0.05, 0.1) is 5.41 Å². The van der Waals surface area contributed by atoms with Crippen molar-refractivity contribution in [3.05, 3.63) is 0 Å². The molecule has 10 unspecified atom stereocenters. The minimum atomic E-state index is -0.140. The number of nitrogens with zero attached hydrogens (tertiary/aromatic N) is 1. The molecule has 0 radical (unpaired) electrons. The van der Waals surface area contributed by atoms with Gasteiger partial charge in [-0.15, -0.1) is 0 Å². The molecule has 1 heterocycles. The average Bonchev–Trinajstić information content (AvgIpc) is 3.32. The van der Waals surface area contributed by atoms with Gasteiger partial charge in [0.2, 0.25) is 5.91 Å². The predicted molar refractivity (Wildman–Crippen MR) is 158 cm³/mol. The van der Waals surface area contributed by atoms with E-state index in [4.69, 9.17) is 0 Å². The molecular weight excluding hydrogens is 464 g/mol. The zero-order valence-electron chi connectivity index (χ0n) is 25.9. The summed E-state index contributed by atoms with van der Waals surface area (Å²) in [6, 6.07) is 0. The van der Waals surface area contributed by atoms with Crippen LogP contribution in [0.4, 0.5) is 0 Å². The van der Waals surface area contributed by atoms with Crippen molar-refractivity contribution in [3.8, 4) is 0 Å². The Morgan fingerprint density at radius 3 is 2.24 bits per heavy atom. The lowest BCUT2D eigenvalue weighted by atomic mass is 9.37. The molecule has 1 aliphatic heterocycles. The second kappa shape index (κ2) is 9.77. The highest BCUT2D eigenvalue weighted by molar-refractivity contribution is 5.84. The maximum Gasteiger partial charge on any atom is 0.226 e. The minimum absolute atomic E-state index is 0.0839. The van der Waals surface area contributed by atoms with Crippen molar-refractivity contribution in [1.29, 1.82) is 0 Å². The van der Waals surface area contributed by atoms with Gasteiger partial charge in [0, 0.05) is 12.1 Å². The SMILES string of the molecule is CC1CCC2(C)C(CCC3(C)C4CCC5(C(=O)NC(C)(C)CN6CCCCC6)CCCC5C4CCC23)C1C. The Morgan fingerprint density at radius 2 is 1.47 bits per heavy atom. The van der Waals surface area contributed by atoms with Gasteiger partial charge in [-0.2, -0.15) is 0 Å². The van der Waals surface area contributed by atoms with Gasteiger partial charge in [0.1, 0.15) is 0 Å². The lowest BCUT2D eigenvalue weighted by Crippen LogP contribution is -2.63. The van der Waals surface area contributed by atoms with Crippen LogP contribution in [0.5, 0.6) is 0 Å². The zero-order chi connectivity index (χ0) is 26.9. The minimum Gasteiger partial charge on any atom is -0.349 e. The summed E-state index contributed by atoms with van der Waals surface area (Å²) in [4.78, 5) is 16.9. The number of carbonyl (C=O) groups excluding carboxylic acids is 1. The summed E-state index contributed by atoms with van der Waals surface area (Å²) in [7, 11) is 0. The number of fused-ring (bicyclic) bond motifs is 7. The van der Waals surface area contributed by atoms with E-state index in [1.807, 2.05) is 0 Å². The lowest BCUT2D eigenvalue weighted by molar-refractivity contribution is -0.190. The van der Waals surface area contributed by atoms with Crippen molar-refractivity contribution in [3.63, 3.8) is 0 Å². The van der Waals surface area contributed by atoms with Crippen molar-refractivity contribution in [2.75, 3.05) is 19.6 Å². The van der Waals surface area contributed by atoms with Crippen molar-refractivity contribution in [2.24, 2.45) is 57.7 Å². The molecule has 3 heteroatoms. The third-order valence-electron chi connectivity index (χ3n) is 14.5. The molecule has 6 rings (SSSR count). The summed E-state index contributed by atoms with van der Waals surface area (Å²) in [6.07, 6.45) is 18.8. The van der Waals surface area contributed by atoms with Crippen molar-refractivity contribution in [2.45, 2.75) is 137 Å². The number of carbonyl (C=O) groups is 1. The van der Waals surface area contributed by atoms with E-state index in [0.717, 1.165) is 54.9 Å². The predicted octanol–water partition coefficient (Wildman–Crippen LogP) is 8.08. The Kier molecular flexibility index (Phi) is 7.09. The van der Waals surface area contributed by atoms with E-state index < -0.39 is 0 Å². The molecule has 3 nitrogen and oxygen atoms in total. The van der Waals surface area contributed by atoms with E-state index in [1.54, 1.807) is 0 Å². The summed E-state index contributed by atoms with van der Waals surface area (Å²) in [5.74, 6) is 6.31. The molecule has 5 aliphatic carbocycles. The number of likely N-dealkylation sites (tertiary alicyclic amines) is 1. The van der Waals surface area contributed by atoms with Crippen molar-refractivity contribution >= 4 is 5.91 Å². The highest BCUT2D eigenvalue weighted by Gasteiger charge is 2.65. The van der Waals surface area contributed by atoms with Gasteiger partial charge >= 0.3 is 0 Å². The number of rotatable bonds is 4. The smallest absolute Gasteiger partial charge is 0.226 e. The number of hydrogen-bond acceptors (Lipinski definition) is 2. The molecule has 1 amide bonds. The lowest BCUT2D eigenvalue weighted by Gasteiger charge is -2.67. The van der Waals surface area contributed by atoms with Crippen LogP contribution in [0.3, 0.4) is 0 Å². The second-order valence-electron chi connectivity index (χ2n) is 16.8. The van der Waals surface area contributed by atoms with Crippen LogP contribution in [0.15, 0.2) is 0 Å². The summed E-state index contributed by atoms with van der Waals surface area (Å²) in [6.45, 7) is 18.5. The van der Waals surface area contributed by atoms with Gasteiger partial charge in [-0.1, -0.05) is 40.5 Å². The highest BCUT2D eigenvalue weighted by Crippen LogP contribution is 2.72. The van der Waals surface area contributed by atoms with E-state index in [0.29, 0.717) is 22.7 Å². The monoisotopic (exact) mass is 524 g/mol. The Morgan fingerprint density at radius 1 is 0.789 bits per heavy atom. The fraction of sp³-hybridized carbons (Fsp3) is 0.971. The molecule has 6 aliphatic rings. The van der Waals surface area contributed by atoms with Gasteiger partial charge in [-0.05, 0) is 156 Å². The molecule has 1 N–H and O–H groups in total. The Bertz CT molecular complexity index is 892. The first-order chi connectivity index (χ1) is 18.0. The van der Waals surface area contributed by atoms with Gasteiger partial charge in [0.15, 0.2) is 0 Å². The number of amides is 1. The maximum atomic E-state index is 14.3. The van der Waals surface area contributed by atoms with Crippen LogP contribution >= 0.6 is 0 Å². The molecule has 6 fully saturated rings. The molecule has 0 aromatic heterocycles. The number of hydrogen-bond donors (Lipinski definition) is 1. The normalized spacial score (nSPS) is 49.4. The van der Waals surface area contributed by atoms with Crippen molar-refractivity contribution < 1.29 is 4.79 Å². The average molecular weight is 525 g/mol. The molecule has 1 saturated heterocycles.